The van der Waals surface area contributed by atoms with Gasteiger partial charge in [0.25, 0.3) is 6.43 Å². The molecule has 0 aliphatic rings. The third-order valence-electron chi connectivity index (χ3n) is 2.52. The summed E-state index contributed by atoms with van der Waals surface area (Å²) in [5.74, 6) is 0. The summed E-state index contributed by atoms with van der Waals surface area (Å²) < 4.78 is 28.5. The molecule has 0 fully saturated rings. The lowest BCUT2D eigenvalue weighted by Crippen LogP contribution is -2.07. The minimum atomic E-state index is -2.41. The zero-order chi connectivity index (χ0) is 12.8. The van der Waals surface area contributed by atoms with Gasteiger partial charge in [0.05, 0.1) is 5.38 Å². The van der Waals surface area contributed by atoms with Crippen molar-refractivity contribution in [1.29, 1.82) is 0 Å². The Bertz CT molecular complexity index is 355. The maximum atomic E-state index is 11.8. The lowest BCUT2D eigenvalue weighted by Gasteiger charge is -2.13. The van der Waals surface area contributed by atoms with Crippen molar-refractivity contribution in [1.82, 2.24) is 0 Å². The molecule has 0 saturated heterocycles. The summed E-state index contributed by atoms with van der Waals surface area (Å²) in [6.07, 6.45) is -1.87. The van der Waals surface area contributed by atoms with Crippen LogP contribution >= 0.6 is 11.6 Å². The highest BCUT2D eigenvalue weighted by molar-refractivity contribution is 6.20. The topological polar surface area (TPSA) is 9.23 Å². The first-order chi connectivity index (χ1) is 8.00. The Morgan fingerprint density at radius 3 is 2.59 bits per heavy atom. The average molecular weight is 263 g/mol. The van der Waals surface area contributed by atoms with Crippen molar-refractivity contribution >= 4 is 11.6 Å². The number of hydrogen-bond donors (Lipinski definition) is 0. The van der Waals surface area contributed by atoms with Gasteiger partial charge in [-0.1, -0.05) is 23.8 Å². The van der Waals surface area contributed by atoms with E-state index in [9.17, 15) is 8.78 Å². The van der Waals surface area contributed by atoms with Crippen molar-refractivity contribution in [3.05, 3.63) is 34.9 Å². The minimum Gasteiger partial charge on any atom is -0.375 e. The summed E-state index contributed by atoms with van der Waals surface area (Å²) in [6, 6.07) is 6.04. The Morgan fingerprint density at radius 2 is 2.00 bits per heavy atom. The molecule has 0 aliphatic carbocycles. The third kappa shape index (κ3) is 5.00. The van der Waals surface area contributed by atoms with Crippen LogP contribution in [0.2, 0.25) is 0 Å². The number of ether oxygens (including phenoxy) is 1. The summed E-state index contributed by atoms with van der Waals surface area (Å²) >= 11 is 6.21. The molecule has 0 saturated carbocycles. The third-order valence-corrected chi connectivity index (χ3v) is 2.98. The lowest BCUT2D eigenvalue weighted by atomic mass is 10.0. The number of rotatable bonds is 6. The van der Waals surface area contributed by atoms with Crippen LogP contribution in [0.4, 0.5) is 8.78 Å². The van der Waals surface area contributed by atoms with Gasteiger partial charge in [-0.25, -0.2) is 8.78 Å². The Morgan fingerprint density at radius 1 is 1.29 bits per heavy atom. The fourth-order valence-corrected chi connectivity index (χ4v) is 2.03. The SMILES string of the molecule is Cc1ccc(C(Cl)CCOCC(F)F)c(C)c1. The fourth-order valence-electron chi connectivity index (χ4n) is 1.69. The van der Waals surface area contributed by atoms with Gasteiger partial charge in [0.2, 0.25) is 0 Å². The highest BCUT2D eigenvalue weighted by Gasteiger charge is 2.11. The van der Waals surface area contributed by atoms with Crippen LogP contribution in [0.25, 0.3) is 0 Å². The Balaban J connectivity index is 2.44. The van der Waals surface area contributed by atoms with Crippen LogP contribution in [0.3, 0.4) is 0 Å². The van der Waals surface area contributed by atoms with Gasteiger partial charge in [-0.3, -0.25) is 0 Å². The van der Waals surface area contributed by atoms with E-state index in [0.717, 1.165) is 11.1 Å². The standard InChI is InChI=1S/C13H17ClF2O/c1-9-3-4-11(10(2)7-9)12(14)5-6-17-8-13(15)16/h3-4,7,12-13H,5-6,8H2,1-2H3. The highest BCUT2D eigenvalue weighted by Crippen LogP contribution is 2.27. The van der Waals surface area contributed by atoms with Crippen LogP contribution in [-0.4, -0.2) is 19.6 Å². The summed E-state index contributed by atoms with van der Waals surface area (Å²) in [6.45, 7) is 3.76. The number of hydrogen-bond acceptors (Lipinski definition) is 1. The number of halogens is 3. The van der Waals surface area contributed by atoms with E-state index in [0.29, 0.717) is 6.42 Å². The second-order valence-electron chi connectivity index (χ2n) is 4.08. The maximum absolute atomic E-state index is 11.8. The van der Waals surface area contributed by atoms with Crippen LogP contribution in [-0.2, 0) is 4.74 Å². The molecule has 0 aliphatic heterocycles. The molecule has 0 bridgehead atoms. The lowest BCUT2D eigenvalue weighted by molar-refractivity contribution is 0.0165. The monoisotopic (exact) mass is 262 g/mol. The summed E-state index contributed by atoms with van der Waals surface area (Å²) in [7, 11) is 0. The molecule has 0 aromatic heterocycles. The number of benzene rings is 1. The molecule has 1 nitrogen and oxygen atoms in total. The van der Waals surface area contributed by atoms with E-state index in [1.54, 1.807) is 0 Å². The van der Waals surface area contributed by atoms with E-state index >= 15 is 0 Å². The Kier molecular flexibility index (Phi) is 5.86. The van der Waals surface area contributed by atoms with Crippen molar-refractivity contribution in [3.63, 3.8) is 0 Å². The van der Waals surface area contributed by atoms with Crippen molar-refractivity contribution in [2.75, 3.05) is 13.2 Å². The van der Waals surface area contributed by atoms with Crippen molar-refractivity contribution < 1.29 is 13.5 Å². The molecule has 1 atom stereocenters. The highest BCUT2D eigenvalue weighted by atomic mass is 35.5. The zero-order valence-corrected chi connectivity index (χ0v) is 10.8. The number of alkyl halides is 3. The normalized spacial score (nSPS) is 13.1. The largest absolute Gasteiger partial charge is 0.375 e. The van der Waals surface area contributed by atoms with Gasteiger partial charge >= 0.3 is 0 Å². The van der Waals surface area contributed by atoms with Gasteiger partial charge in [0, 0.05) is 6.61 Å². The first-order valence-corrected chi connectivity index (χ1v) is 6.01. The smallest absolute Gasteiger partial charge is 0.261 e. The molecule has 1 rings (SSSR count). The first-order valence-electron chi connectivity index (χ1n) is 5.58. The van der Waals surface area contributed by atoms with Gasteiger partial charge in [-0.15, -0.1) is 11.6 Å². The van der Waals surface area contributed by atoms with Crippen LogP contribution in [0.15, 0.2) is 18.2 Å². The summed E-state index contributed by atoms with van der Waals surface area (Å²) in [4.78, 5) is 0. The molecule has 0 radical (unpaired) electrons. The molecular formula is C13H17ClF2O. The van der Waals surface area contributed by atoms with Crippen molar-refractivity contribution in [3.8, 4) is 0 Å². The molecule has 0 N–H and O–H groups in total. The van der Waals surface area contributed by atoms with E-state index in [1.165, 1.54) is 5.56 Å². The van der Waals surface area contributed by atoms with Gasteiger partial charge in [0.1, 0.15) is 6.61 Å². The van der Waals surface area contributed by atoms with E-state index in [4.69, 9.17) is 16.3 Å². The summed E-state index contributed by atoms with van der Waals surface area (Å²) in [5, 5.41) is -0.187. The van der Waals surface area contributed by atoms with Crippen molar-refractivity contribution in [2.45, 2.75) is 32.1 Å². The number of aryl methyl sites for hydroxylation is 2. The van der Waals surface area contributed by atoms with Crippen LogP contribution in [0.1, 0.15) is 28.5 Å². The molecule has 0 amide bonds. The van der Waals surface area contributed by atoms with E-state index < -0.39 is 13.0 Å². The molecule has 4 heteroatoms. The zero-order valence-electron chi connectivity index (χ0n) is 10.1. The maximum Gasteiger partial charge on any atom is 0.261 e. The van der Waals surface area contributed by atoms with Gasteiger partial charge in [-0.05, 0) is 31.4 Å². The van der Waals surface area contributed by atoms with Crippen LogP contribution in [0.5, 0.6) is 0 Å². The fraction of sp³-hybridized carbons (Fsp3) is 0.538. The van der Waals surface area contributed by atoms with Crippen LogP contribution in [0, 0.1) is 13.8 Å². The van der Waals surface area contributed by atoms with Gasteiger partial charge in [0.15, 0.2) is 0 Å². The predicted molar refractivity (Wildman–Crippen MR) is 66.0 cm³/mol. The van der Waals surface area contributed by atoms with Crippen LogP contribution < -0.4 is 0 Å². The van der Waals surface area contributed by atoms with Gasteiger partial charge in [-0.2, -0.15) is 0 Å². The Labute approximate surface area is 106 Å². The first kappa shape index (κ1) is 14.4. The van der Waals surface area contributed by atoms with E-state index in [2.05, 4.69) is 6.07 Å². The summed E-state index contributed by atoms with van der Waals surface area (Å²) in [5.41, 5.74) is 3.35. The second kappa shape index (κ2) is 6.92. The molecular weight excluding hydrogens is 246 g/mol. The molecule has 96 valence electrons. The molecule has 1 aromatic rings. The Hall–Kier alpha value is -0.670. The van der Waals surface area contributed by atoms with E-state index in [1.807, 2.05) is 26.0 Å². The molecule has 1 unspecified atom stereocenters. The van der Waals surface area contributed by atoms with Gasteiger partial charge < -0.3 is 4.74 Å². The molecule has 17 heavy (non-hydrogen) atoms. The predicted octanol–water partition coefficient (Wildman–Crippen LogP) is 4.26. The second-order valence-corrected chi connectivity index (χ2v) is 4.61. The van der Waals surface area contributed by atoms with Crippen molar-refractivity contribution in [2.24, 2.45) is 0 Å². The minimum absolute atomic E-state index is 0.187. The molecule has 0 heterocycles. The van der Waals surface area contributed by atoms with E-state index in [-0.39, 0.29) is 12.0 Å². The molecule has 0 spiro atoms. The quantitative estimate of drug-likeness (QED) is 0.550. The molecule has 1 aromatic carbocycles. The average Bonchev–Trinajstić information content (AvgIpc) is 2.23.